The first-order valence-corrected chi connectivity index (χ1v) is 10.6. The van der Waals surface area contributed by atoms with Gasteiger partial charge in [-0.15, -0.1) is 0 Å². The second-order valence-corrected chi connectivity index (χ2v) is 8.85. The minimum atomic E-state index is -0.556. The van der Waals surface area contributed by atoms with Gasteiger partial charge in [0.15, 0.2) is 11.5 Å². The van der Waals surface area contributed by atoms with Gasteiger partial charge in [-0.2, -0.15) is 0 Å². The third-order valence-electron chi connectivity index (χ3n) is 5.92. The molecular weight excluding hydrogens is 424 g/mol. The van der Waals surface area contributed by atoms with Gasteiger partial charge in [0, 0.05) is 27.9 Å². The molecule has 0 radical (unpaired) electrons. The molecule has 2 aliphatic rings. The van der Waals surface area contributed by atoms with E-state index in [0.29, 0.717) is 22.6 Å². The number of hydrogen-bond acceptors (Lipinski definition) is 4. The van der Waals surface area contributed by atoms with Gasteiger partial charge in [0.25, 0.3) is 0 Å². The summed E-state index contributed by atoms with van der Waals surface area (Å²) in [5.74, 6) is 0.00104. The first-order valence-electron chi connectivity index (χ1n) is 10.6. The van der Waals surface area contributed by atoms with Crippen molar-refractivity contribution in [2.75, 3.05) is 12.4 Å². The zero-order valence-electron chi connectivity index (χ0n) is 18.7. The van der Waals surface area contributed by atoms with E-state index in [1.165, 1.54) is 19.3 Å². The molecule has 3 aromatic carbocycles. The van der Waals surface area contributed by atoms with Gasteiger partial charge in [0.1, 0.15) is 23.1 Å². The molecule has 6 heteroatoms. The second-order valence-electron chi connectivity index (χ2n) is 8.85. The number of methoxy groups -OCH3 is 1. The lowest BCUT2D eigenvalue weighted by molar-refractivity contribution is 0.371. The Bertz CT molecular complexity index is 1370. The van der Waals surface area contributed by atoms with E-state index < -0.39 is 11.6 Å². The summed E-state index contributed by atoms with van der Waals surface area (Å²) in [6.45, 7) is 6.16. The van der Waals surface area contributed by atoms with Crippen molar-refractivity contribution in [2.45, 2.75) is 26.3 Å². The van der Waals surface area contributed by atoms with Gasteiger partial charge in [0.05, 0.1) is 18.2 Å². The molecule has 0 unspecified atom stereocenters. The third-order valence-corrected chi connectivity index (χ3v) is 5.92. The first kappa shape index (κ1) is 21.1. The first-order chi connectivity index (χ1) is 15.7. The summed E-state index contributed by atoms with van der Waals surface area (Å²) in [4.78, 5) is 0. The molecule has 0 aromatic heterocycles. The maximum absolute atomic E-state index is 14.5. The summed E-state index contributed by atoms with van der Waals surface area (Å²) in [7, 11) is 1.48. The average Bonchev–Trinajstić information content (AvgIpc) is 2.75. The summed E-state index contributed by atoms with van der Waals surface area (Å²) in [5.41, 5.74) is 4.71. The largest absolute Gasteiger partial charge is 0.504 e. The highest BCUT2D eigenvalue weighted by atomic mass is 19.1. The van der Waals surface area contributed by atoms with Crippen LogP contribution in [0.25, 0.3) is 28.5 Å². The molecule has 4 nitrogen and oxygen atoms in total. The van der Waals surface area contributed by atoms with Crippen molar-refractivity contribution < 1.29 is 23.4 Å². The summed E-state index contributed by atoms with van der Waals surface area (Å²) < 4.78 is 40.2. The summed E-state index contributed by atoms with van der Waals surface area (Å²) in [6, 6.07) is 10.3. The highest BCUT2D eigenvalue weighted by Crippen LogP contribution is 2.54. The Morgan fingerprint density at radius 3 is 2.58 bits per heavy atom. The number of fused-ring (bicyclic) bond motifs is 5. The lowest BCUT2D eigenvalue weighted by Gasteiger charge is -2.35. The fourth-order valence-corrected chi connectivity index (χ4v) is 4.72. The fraction of sp³-hybridized carbons (Fsp3) is 0.185. The number of phenols is 1. The van der Waals surface area contributed by atoms with Crippen molar-refractivity contribution in [3.63, 3.8) is 0 Å². The molecule has 0 spiro atoms. The number of ether oxygens (including phenoxy) is 2. The van der Waals surface area contributed by atoms with Crippen LogP contribution in [-0.2, 0) is 0 Å². The minimum absolute atomic E-state index is 0.0151. The van der Waals surface area contributed by atoms with Gasteiger partial charge >= 0.3 is 0 Å². The predicted octanol–water partition coefficient (Wildman–Crippen LogP) is 6.84. The van der Waals surface area contributed by atoms with Crippen LogP contribution in [0.5, 0.6) is 17.2 Å². The Balaban J connectivity index is 1.85. The monoisotopic (exact) mass is 447 g/mol. The number of allylic oxidation sites excluding steroid dienone is 1. The lowest BCUT2D eigenvalue weighted by Crippen LogP contribution is -2.32. The maximum atomic E-state index is 14.5. The van der Waals surface area contributed by atoms with Gasteiger partial charge < -0.3 is 19.9 Å². The summed E-state index contributed by atoms with van der Waals surface area (Å²) in [6.07, 6.45) is 3.62. The fourth-order valence-electron chi connectivity index (χ4n) is 4.72. The third kappa shape index (κ3) is 3.42. The van der Waals surface area contributed by atoms with E-state index in [-0.39, 0.29) is 22.6 Å². The van der Waals surface area contributed by atoms with E-state index in [1.54, 1.807) is 6.07 Å². The standard InChI is InChI=1S/C27H23F2NO3/c1-14-13-27(2,3)30-19-8-6-17-24(23(14)19)22(12-15-11-16(28)5-7-18(15)29)33-21-10-9-20(31)26(32-4)25(17)21/h5-13,30-31H,1-4H3/b22-12-. The van der Waals surface area contributed by atoms with Crippen molar-refractivity contribution in [1.29, 1.82) is 0 Å². The van der Waals surface area contributed by atoms with Crippen LogP contribution in [0.15, 0.2) is 48.5 Å². The minimum Gasteiger partial charge on any atom is -0.504 e. The molecule has 2 N–H and O–H groups in total. The SMILES string of the molecule is COc1c(O)ccc2c1-c1ccc3c(c1/C(=C/c1cc(F)ccc1F)O2)C(C)=CC(C)(C)N3. The number of halogens is 2. The molecule has 168 valence electrons. The van der Waals surface area contributed by atoms with Gasteiger partial charge in [-0.05, 0) is 68.8 Å². The molecule has 33 heavy (non-hydrogen) atoms. The number of aromatic hydroxyl groups is 1. The number of hydrogen-bond donors (Lipinski definition) is 2. The lowest BCUT2D eigenvalue weighted by atomic mass is 9.82. The normalized spacial score (nSPS) is 16.7. The summed E-state index contributed by atoms with van der Waals surface area (Å²) >= 11 is 0. The highest BCUT2D eigenvalue weighted by molar-refractivity contribution is 6.02. The van der Waals surface area contributed by atoms with Crippen LogP contribution < -0.4 is 14.8 Å². The van der Waals surface area contributed by atoms with Gasteiger partial charge in [0.2, 0.25) is 0 Å². The Morgan fingerprint density at radius 2 is 1.82 bits per heavy atom. The highest BCUT2D eigenvalue weighted by Gasteiger charge is 2.33. The van der Waals surface area contributed by atoms with Crippen molar-refractivity contribution >= 4 is 23.1 Å². The molecule has 5 rings (SSSR count). The quantitative estimate of drug-likeness (QED) is 0.451. The molecule has 0 saturated heterocycles. The van der Waals surface area contributed by atoms with Crippen LogP contribution in [0.2, 0.25) is 0 Å². The maximum Gasteiger partial charge on any atom is 0.172 e. The molecular formula is C27H23F2NO3. The number of benzene rings is 3. The van der Waals surface area contributed by atoms with Gasteiger partial charge in [-0.25, -0.2) is 8.78 Å². The van der Waals surface area contributed by atoms with E-state index >= 15 is 0 Å². The Labute approximate surface area is 190 Å². The molecule has 2 aliphatic heterocycles. The number of nitrogens with one attached hydrogen (secondary N) is 1. The molecule has 0 atom stereocenters. The van der Waals surface area contributed by atoms with Crippen LogP contribution in [0, 0.1) is 11.6 Å². The molecule has 3 aromatic rings. The van der Waals surface area contributed by atoms with Gasteiger partial charge in [-0.1, -0.05) is 12.1 Å². The van der Waals surface area contributed by atoms with Crippen LogP contribution in [0.3, 0.4) is 0 Å². The Hall–Kier alpha value is -3.80. The number of rotatable bonds is 2. The smallest absolute Gasteiger partial charge is 0.172 e. The van der Waals surface area contributed by atoms with E-state index in [2.05, 4.69) is 25.2 Å². The number of phenolic OH excluding ortho intramolecular Hbond substituents is 1. The molecule has 0 bridgehead atoms. The Kier molecular flexibility index (Phi) is 4.71. The van der Waals surface area contributed by atoms with Crippen LogP contribution in [0.1, 0.15) is 37.5 Å². The van der Waals surface area contributed by atoms with Crippen molar-refractivity contribution in [1.82, 2.24) is 0 Å². The molecule has 0 fully saturated rings. The van der Waals surface area contributed by atoms with Crippen molar-refractivity contribution in [2.24, 2.45) is 0 Å². The van der Waals surface area contributed by atoms with E-state index in [4.69, 9.17) is 9.47 Å². The molecule has 0 amide bonds. The molecule has 2 heterocycles. The zero-order valence-corrected chi connectivity index (χ0v) is 18.7. The number of anilines is 1. The molecule has 0 aliphatic carbocycles. The van der Waals surface area contributed by atoms with Crippen LogP contribution in [-0.4, -0.2) is 17.8 Å². The predicted molar refractivity (Wildman–Crippen MR) is 126 cm³/mol. The Morgan fingerprint density at radius 1 is 1.03 bits per heavy atom. The topological polar surface area (TPSA) is 50.7 Å². The van der Waals surface area contributed by atoms with Crippen molar-refractivity contribution in [3.8, 4) is 28.4 Å². The van der Waals surface area contributed by atoms with Crippen LogP contribution >= 0.6 is 0 Å². The summed E-state index contributed by atoms with van der Waals surface area (Å²) in [5, 5.41) is 13.9. The van der Waals surface area contributed by atoms with Gasteiger partial charge in [-0.3, -0.25) is 0 Å². The van der Waals surface area contributed by atoms with Crippen LogP contribution in [0.4, 0.5) is 14.5 Å². The second kappa shape index (κ2) is 7.37. The van der Waals surface area contributed by atoms with E-state index in [0.717, 1.165) is 40.6 Å². The zero-order chi connectivity index (χ0) is 23.5. The van der Waals surface area contributed by atoms with Crippen molar-refractivity contribution in [3.05, 3.63) is 76.9 Å². The average molecular weight is 447 g/mol. The van der Waals surface area contributed by atoms with E-state index in [9.17, 15) is 13.9 Å². The molecule has 0 saturated carbocycles. The van der Waals surface area contributed by atoms with E-state index in [1.807, 2.05) is 19.1 Å².